The molecule has 1 aliphatic rings. The molecule has 2 aromatic rings. The van der Waals surface area contributed by atoms with Crippen LogP contribution in [-0.2, 0) is 4.79 Å². The molecule has 1 aromatic heterocycles. The maximum atomic E-state index is 12.9. The molecular formula is C18H20F2N4O4. The van der Waals surface area contributed by atoms with Crippen molar-refractivity contribution in [3.8, 4) is 11.4 Å². The number of rotatable bonds is 5. The number of amides is 1. The van der Waals surface area contributed by atoms with Crippen molar-refractivity contribution >= 4 is 11.9 Å². The highest BCUT2D eigenvalue weighted by molar-refractivity contribution is 5.94. The summed E-state index contributed by atoms with van der Waals surface area (Å²) in [6, 6.07) is 5.69. The van der Waals surface area contributed by atoms with Gasteiger partial charge in [-0.2, -0.15) is 8.78 Å². The molecule has 8 nitrogen and oxygen atoms in total. The highest BCUT2D eigenvalue weighted by atomic mass is 19.3. The minimum atomic E-state index is -2.91. The van der Waals surface area contributed by atoms with E-state index in [0.717, 1.165) is 0 Å². The number of halogens is 2. The summed E-state index contributed by atoms with van der Waals surface area (Å²) in [5, 5.41) is 17.2. The van der Waals surface area contributed by atoms with E-state index in [0.29, 0.717) is 24.2 Å². The lowest BCUT2D eigenvalue weighted by Crippen LogP contribution is -2.47. The third kappa shape index (κ3) is 3.95. The molecule has 1 aromatic carbocycles. The third-order valence-corrected chi connectivity index (χ3v) is 4.90. The predicted molar refractivity (Wildman–Crippen MR) is 93.6 cm³/mol. The molecular weight excluding hydrogens is 374 g/mol. The van der Waals surface area contributed by atoms with Crippen molar-refractivity contribution < 1.29 is 28.2 Å². The number of carboxylic acid groups (broad SMARTS) is 1. The van der Waals surface area contributed by atoms with Crippen LogP contribution in [0.25, 0.3) is 5.69 Å². The third-order valence-electron chi connectivity index (χ3n) is 4.90. The van der Waals surface area contributed by atoms with Gasteiger partial charge in [-0.15, -0.1) is 5.10 Å². The van der Waals surface area contributed by atoms with Crippen molar-refractivity contribution in [1.82, 2.24) is 19.9 Å². The maximum absolute atomic E-state index is 12.9. The summed E-state index contributed by atoms with van der Waals surface area (Å²) in [6.07, 6.45) is 1.13. The zero-order valence-electron chi connectivity index (χ0n) is 15.4. The number of nitrogens with zero attached hydrogens (tertiary/aromatic N) is 4. The molecule has 0 spiro atoms. The van der Waals surface area contributed by atoms with Gasteiger partial charge >= 0.3 is 12.6 Å². The second-order valence-electron chi connectivity index (χ2n) is 6.73. The van der Waals surface area contributed by atoms with Crippen LogP contribution in [0.5, 0.6) is 5.75 Å². The summed E-state index contributed by atoms with van der Waals surface area (Å²) >= 11 is 0. The number of carboxylic acids is 1. The van der Waals surface area contributed by atoms with Crippen LogP contribution in [-0.4, -0.2) is 56.1 Å². The van der Waals surface area contributed by atoms with Gasteiger partial charge in [0.15, 0.2) is 5.69 Å². The van der Waals surface area contributed by atoms with Gasteiger partial charge in [-0.05, 0) is 51.0 Å². The van der Waals surface area contributed by atoms with Crippen LogP contribution in [0.2, 0.25) is 0 Å². The van der Waals surface area contributed by atoms with E-state index in [1.165, 1.54) is 33.8 Å². The highest BCUT2D eigenvalue weighted by Gasteiger charge is 2.34. The number of benzene rings is 1. The van der Waals surface area contributed by atoms with Crippen LogP contribution in [0.1, 0.15) is 35.9 Å². The van der Waals surface area contributed by atoms with Gasteiger partial charge in [-0.1, -0.05) is 5.21 Å². The number of ether oxygens (including phenoxy) is 1. The standard InChI is InChI=1S/C18H20F2N4O4/c1-10-3-4-12(17(26)27)9-23(10)16(25)15-11(2)24(22-21-15)13-5-7-14(8-6-13)28-18(19)20/h5-8,10,12,18H,3-4,9H2,1-2H3,(H,26,27). The van der Waals surface area contributed by atoms with Gasteiger partial charge in [-0.3, -0.25) is 9.59 Å². The van der Waals surface area contributed by atoms with Gasteiger partial charge in [0.05, 0.1) is 17.3 Å². The molecule has 150 valence electrons. The molecule has 0 radical (unpaired) electrons. The number of carbonyl (C=O) groups is 2. The number of hydrogen-bond acceptors (Lipinski definition) is 5. The molecule has 1 N–H and O–H groups in total. The first-order valence-electron chi connectivity index (χ1n) is 8.79. The van der Waals surface area contributed by atoms with E-state index in [4.69, 9.17) is 0 Å². The zero-order valence-corrected chi connectivity index (χ0v) is 15.4. The number of aliphatic carboxylic acids is 1. The summed E-state index contributed by atoms with van der Waals surface area (Å²) in [5.74, 6) is -1.89. The number of alkyl halides is 2. The molecule has 0 aliphatic carbocycles. The normalized spacial score (nSPS) is 19.7. The van der Waals surface area contributed by atoms with Gasteiger partial charge in [0.25, 0.3) is 5.91 Å². The molecule has 0 bridgehead atoms. The van der Waals surface area contributed by atoms with Gasteiger partial charge in [0, 0.05) is 12.6 Å². The quantitative estimate of drug-likeness (QED) is 0.837. The molecule has 0 saturated carbocycles. The van der Waals surface area contributed by atoms with Gasteiger partial charge in [0.2, 0.25) is 0 Å². The minimum Gasteiger partial charge on any atom is -0.481 e. The Labute approximate surface area is 159 Å². The maximum Gasteiger partial charge on any atom is 0.387 e. The second-order valence-corrected chi connectivity index (χ2v) is 6.73. The van der Waals surface area contributed by atoms with Crippen molar-refractivity contribution in [2.24, 2.45) is 5.92 Å². The van der Waals surface area contributed by atoms with E-state index in [2.05, 4.69) is 15.0 Å². The van der Waals surface area contributed by atoms with Crippen LogP contribution < -0.4 is 4.74 Å². The molecule has 3 rings (SSSR count). The fourth-order valence-corrected chi connectivity index (χ4v) is 3.27. The SMILES string of the molecule is Cc1c(C(=O)N2CC(C(=O)O)CCC2C)nnn1-c1ccc(OC(F)F)cc1. The van der Waals surface area contributed by atoms with Crippen molar-refractivity contribution in [1.29, 1.82) is 0 Å². The number of likely N-dealkylation sites (tertiary alicyclic amines) is 1. The number of carbonyl (C=O) groups excluding carboxylic acids is 1. The Hall–Kier alpha value is -3.04. The summed E-state index contributed by atoms with van der Waals surface area (Å²) in [7, 11) is 0. The lowest BCUT2D eigenvalue weighted by atomic mass is 9.93. The predicted octanol–water partition coefficient (Wildman–Crippen LogP) is 2.50. The van der Waals surface area contributed by atoms with E-state index in [9.17, 15) is 23.5 Å². The van der Waals surface area contributed by atoms with E-state index >= 15 is 0 Å². The Morgan fingerprint density at radius 1 is 1.25 bits per heavy atom. The first kappa shape index (κ1) is 19.7. The van der Waals surface area contributed by atoms with E-state index < -0.39 is 18.5 Å². The Balaban J connectivity index is 1.82. The average Bonchev–Trinajstić information content (AvgIpc) is 3.03. The Morgan fingerprint density at radius 3 is 2.54 bits per heavy atom. The van der Waals surface area contributed by atoms with Crippen LogP contribution in [0.3, 0.4) is 0 Å². The molecule has 1 fully saturated rings. The Bertz CT molecular complexity index is 869. The fourth-order valence-electron chi connectivity index (χ4n) is 3.27. The average molecular weight is 394 g/mol. The van der Waals surface area contributed by atoms with Crippen molar-refractivity contribution in [2.45, 2.75) is 39.3 Å². The topological polar surface area (TPSA) is 97.5 Å². The number of piperidine rings is 1. The van der Waals surface area contributed by atoms with Crippen molar-refractivity contribution in [2.75, 3.05) is 6.54 Å². The fraction of sp³-hybridized carbons (Fsp3) is 0.444. The first-order valence-corrected chi connectivity index (χ1v) is 8.79. The van der Waals surface area contributed by atoms with E-state index in [1.54, 1.807) is 6.92 Å². The van der Waals surface area contributed by atoms with Gasteiger partial charge < -0.3 is 14.7 Å². The van der Waals surface area contributed by atoms with E-state index in [1.807, 2.05) is 6.92 Å². The molecule has 1 saturated heterocycles. The number of hydrogen-bond donors (Lipinski definition) is 1. The highest BCUT2D eigenvalue weighted by Crippen LogP contribution is 2.25. The summed E-state index contributed by atoms with van der Waals surface area (Å²) < 4.78 is 30.2. The molecule has 1 amide bonds. The summed E-state index contributed by atoms with van der Waals surface area (Å²) in [6.45, 7) is 0.753. The van der Waals surface area contributed by atoms with Crippen LogP contribution in [0.15, 0.2) is 24.3 Å². The summed E-state index contributed by atoms with van der Waals surface area (Å²) in [4.78, 5) is 25.7. The van der Waals surface area contributed by atoms with Crippen molar-refractivity contribution in [3.05, 3.63) is 35.7 Å². The lowest BCUT2D eigenvalue weighted by Gasteiger charge is -2.36. The largest absolute Gasteiger partial charge is 0.481 e. The Kier molecular flexibility index (Phi) is 5.57. The Morgan fingerprint density at radius 2 is 1.93 bits per heavy atom. The molecule has 2 heterocycles. The minimum absolute atomic E-state index is 0.00896. The molecule has 2 unspecified atom stereocenters. The smallest absolute Gasteiger partial charge is 0.387 e. The lowest BCUT2D eigenvalue weighted by molar-refractivity contribution is -0.143. The van der Waals surface area contributed by atoms with Gasteiger partial charge in [-0.25, -0.2) is 4.68 Å². The second kappa shape index (κ2) is 7.91. The van der Waals surface area contributed by atoms with Crippen LogP contribution in [0, 0.1) is 12.8 Å². The van der Waals surface area contributed by atoms with Crippen LogP contribution in [0.4, 0.5) is 8.78 Å². The molecule has 1 aliphatic heterocycles. The van der Waals surface area contributed by atoms with Crippen LogP contribution >= 0.6 is 0 Å². The van der Waals surface area contributed by atoms with Crippen molar-refractivity contribution in [3.63, 3.8) is 0 Å². The zero-order chi connectivity index (χ0) is 20.4. The van der Waals surface area contributed by atoms with E-state index in [-0.39, 0.29) is 29.9 Å². The van der Waals surface area contributed by atoms with Gasteiger partial charge in [0.1, 0.15) is 5.75 Å². The molecule has 28 heavy (non-hydrogen) atoms. The summed E-state index contributed by atoms with van der Waals surface area (Å²) in [5.41, 5.74) is 1.13. The monoisotopic (exact) mass is 394 g/mol. The molecule has 10 heteroatoms. The first-order chi connectivity index (χ1) is 13.3. The number of aromatic nitrogens is 3. The molecule has 2 atom stereocenters.